The molecule has 1 fully saturated rings. The van der Waals surface area contributed by atoms with Gasteiger partial charge in [0.2, 0.25) is 0 Å². The number of likely N-dealkylation sites (N-methyl/N-ethyl adjacent to an activating group) is 1. The largest absolute Gasteiger partial charge is 0.494 e. The van der Waals surface area contributed by atoms with E-state index < -0.39 is 5.60 Å². The normalized spacial score (nSPS) is 22.5. The van der Waals surface area contributed by atoms with E-state index in [1.807, 2.05) is 32.2 Å². The van der Waals surface area contributed by atoms with Crippen LogP contribution in [0, 0.1) is 0 Å². The molecule has 118 valence electrons. The summed E-state index contributed by atoms with van der Waals surface area (Å²) in [4.78, 5) is 2.13. The van der Waals surface area contributed by atoms with Crippen molar-refractivity contribution in [2.45, 2.75) is 31.9 Å². The molecule has 1 aromatic rings. The van der Waals surface area contributed by atoms with Crippen LogP contribution in [0.5, 0.6) is 5.75 Å². The number of benzene rings is 1. The Bertz CT molecular complexity index is 462. The quantitative estimate of drug-likeness (QED) is 0.846. The van der Waals surface area contributed by atoms with Gasteiger partial charge >= 0.3 is 0 Å². The molecule has 5 heteroatoms. The molecule has 0 radical (unpaired) electrons. The molecule has 1 aromatic carbocycles. The van der Waals surface area contributed by atoms with Crippen molar-refractivity contribution in [2.75, 3.05) is 33.3 Å². The summed E-state index contributed by atoms with van der Waals surface area (Å²) in [6.07, 6.45) is 1.86. The lowest BCUT2D eigenvalue weighted by Crippen LogP contribution is -2.52. The Kier molecular flexibility index (Phi) is 5.88. The van der Waals surface area contributed by atoms with Gasteiger partial charge in [0.15, 0.2) is 0 Å². The maximum atomic E-state index is 10.6. The van der Waals surface area contributed by atoms with Crippen molar-refractivity contribution in [2.24, 2.45) is 0 Å². The Balaban J connectivity index is 2.01. The van der Waals surface area contributed by atoms with Crippen molar-refractivity contribution < 1.29 is 9.84 Å². The lowest BCUT2D eigenvalue weighted by Gasteiger charge is -2.36. The van der Waals surface area contributed by atoms with Crippen LogP contribution in [0.3, 0.4) is 0 Å². The molecule has 1 aliphatic rings. The Morgan fingerprint density at radius 1 is 1.48 bits per heavy atom. The van der Waals surface area contributed by atoms with Gasteiger partial charge in [0.25, 0.3) is 0 Å². The molecule has 0 aliphatic carbocycles. The molecular weight excluding hydrogens is 288 g/mol. The van der Waals surface area contributed by atoms with Crippen molar-refractivity contribution in [3.8, 4) is 5.75 Å². The summed E-state index contributed by atoms with van der Waals surface area (Å²) in [6, 6.07) is 5.69. The molecule has 0 amide bonds. The summed E-state index contributed by atoms with van der Waals surface area (Å²) < 4.78 is 5.65. The number of aliphatic hydroxyl groups is 1. The molecule has 1 heterocycles. The van der Waals surface area contributed by atoms with Crippen LogP contribution in [-0.4, -0.2) is 48.9 Å². The fraction of sp³-hybridized carbons (Fsp3) is 0.625. The van der Waals surface area contributed by atoms with E-state index in [1.165, 1.54) is 0 Å². The first-order valence-electron chi connectivity index (χ1n) is 7.55. The maximum absolute atomic E-state index is 10.6. The van der Waals surface area contributed by atoms with Crippen LogP contribution in [0.25, 0.3) is 0 Å². The van der Waals surface area contributed by atoms with E-state index in [2.05, 4.69) is 10.2 Å². The molecule has 0 saturated carbocycles. The first kappa shape index (κ1) is 16.6. The van der Waals surface area contributed by atoms with Gasteiger partial charge in [-0.3, -0.25) is 4.90 Å². The highest BCUT2D eigenvalue weighted by Gasteiger charge is 2.30. The topological polar surface area (TPSA) is 44.7 Å². The van der Waals surface area contributed by atoms with Crippen LogP contribution in [0.2, 0.25) is 5.02 Å². The highest BCUT2D eigenvalue weighted by atomic mass is 35.5. The number of hydrogen-bond donors (Lipinski definition) is 2. The summed E-state index contributed by atoms with van der Waals surface area (Å²) in [7, 11) is 2.02. The zero-order valence-electron chi connectivity index (χ0n) is 12.9. The molecule has 0 aromatic heterocycles. The number of ether oxygens (including phenoxy) is 1. The van der Waals surface area contributed by atoms with Crippen LogP contribution in [0.15, 0.2) is 18.2 Å². The van der Waals surface area contributed by atoms with Crippen molar-refractivity contribution >= 4 is 11.6 Å². The van der Waals surface area contributed by atoms with Crippen molar-refractivity contribution in [1.82, 2.24) is 10.2 Å². The summed E-state index contributed by atoms with van der Waals surface area (Å²) in [5.41, 5.74) is 0.413. The molecule has 1 aliphatic heterocycles. The van der Waals surface area contributed by atoms with Crippen LogP contribution in [0.4, 0.5) is 0 Å². The fourth-order valence-electron chi connectivity index (χ4n) is 2.90. The molecule has 0 unspecified atom stereocenters. The van der Waals surface area contributed by atoms with E-state index in [-0.39, 0.29) is 0 Å². The van der Waals surface area contributed by atoms with Gasteiger partial charge in [0.05, 0.1) is 12.2 Å². The minimum absolute atomic E-state index is 0.631. The molecule has 1 saturated heterocycles. The van der Waals surface area contributed by atoms with Gasteiger partial charge < -0.3 is 15.2 Å². The maximum Gasteiger partial charge on any atom is 0.123 e. The first-order valence-corrected chi connectivity index (χ1v) is 7.93. The van der Waals surface area contributed by atoms with Gasteiger partial charge in [-0.25, -0.2) is 0 Å². The van der Waals surface area contributed by atoms with E-state index in [0.717, 1.165) is 30.7 Å². The van der Waals surface area contributed by atoms with Crippen LogP contribution >= 0.6 is 11.6 Å². The molecule has 4 nitrogen and oxygen atoms in total. The smallest absolute Gasteiger partial charge is 0.123 e. The number of nitrogens with one attached hydrogen (secondary N) is 1. The predicted molar refractivity (Wildman–Crippen MR) is 86.0 cm³/mol. The molecule has 21 heavy (non-hydrogen) atoms. The fourth-order valence-corrected chi connectivity index (χ4v) is 3.10. The monoisotopic (exact) mass is 312 g/mol. The second-order valence-electron chi connectivity index (χ2n) is 5.86. The van der Waals surface area contributed by atoms with Gasteiger partial charge in [0, 0.05) is 30.2 Å². The standard InChI is InChI=1S/C16H25ClN2O2/c1-3-21-15-6-5-14(17)9-13(15)10-19(2)12-16(20)7-4-8-18-11-16/h5-6,9,18,20H,3-4,7-8,10-12H2,1-2H3/t16-/m0/s1. The zero-order chi connectivity index (χ0) is 15.3. The number of β-amino-alcohol motifs (C(OH)–C–C–N with tert-alkyl or cyclic N) is 1. The van der Waals surface area contributed by atoms with Gasteiger partial charge in [-0.05, 0) is 51.6 Å². The molecule has 1 atom stereocenters. The van der Waals surface area contributed by atoms with Crippen LogP contribution in [0.1, 0.15) is 25.3 Å². The minimum Gasteiger partial charge on any atom is -0.494 e. The van der Waals surface area contributed by atoms with E-state index >= 15 is 0 Å². The lowest BCUT2D eigenvalue weighted by atomic mass is 9.93. The average molecular weight is 313 g/mol. The third-order valence-corrected chi connectivity index (χ3v) is 4.01. The highest BCUT2D eigenvalue weighted by Crippen LogP contribution is 2.25. The Hall–Kier alpha value is -0.810. The summed E-state index contributed by atoms with van der Waals surface area (Å²) >= 11 is 6.09. The predicted octanol–water partition coefficient (Wildman–Crippen LogP) is 2.29. The van der Waals surface area contributed by atoms with Gasteiger partial charge in [-0.1, -0.05) is 11.6 Å². The third-order valence-electron chi connectivity index (χ3n) is 3.78. The molecule has 2 rings (SSSR count). The van der Waals surface area contributed by atoms with Gasteiger partial charge in [0.1, 0.15) is 5.75 Å². The van der Waals surface area contributed by atoms with E-state index in [0.29, 0.717) is 31.3 Å². The minimum atomic E-state index is -0.642. The van der Waals surface area contributed by atoms with Crippen LogP contribution < -0.4 is 10.1 Å². The molecule has 2 N–H and O–H groups in total. The highest BCUT2D eigenvalue weighted by molar-refractivity contribution is 6.30. The van der Waals surface area contributed by atoms with Crippen molar-refractivity contribution in [3.05, 3.63) is 28.8 Å². The third kappa shape index (κ3) is 4.85. The number of piperidine rings is 1. The summed E-state index contributed by atoms with van der Waals surface area (Å²) in [5.74, 6) is 0.863. The Labute approximate surface area is 132 Å². The molecular formula is C16H25ClN2O2. The summed E-state index contributed by atoms with van der Waals surface area (Å²) in [6.45, 7) is 5.60. The van der Waals surface area contributed by atoms with E-state index in [9.17, 15) is 5.11 Å². The number of halogens is 1. The van der Waals surface area contributed by atoms with E-state index in [1.54, 1.807) is 0 Å². The number of nitrogens with zero attached hydrogens (tertiary/aromatic N) is 1. The molecule has 0 spiro atoms. The summed E-state index contributed by atoms with van der Waals surface area (Å²) in [5, 5.41) is 14.6. The van der Waals surface area contributed by atoms with Crippen molar-refractivity contribution in [3.63, 3.8) is 0 Å². The average Bonchev–Trinajstić information content (AvgIpc) is 2.42. The molecule has 0 bridgehead atoms. The Morgan fingerprint density at radius 2 is 2.29 bits per heavy atom. The zero-order valence-corrected chi connectivity index (χ0v) is 13.6. The number of rotatable bonds is 6. The van der Waals surface area contributed by atoms with Crippen molar-refractivity contribution in [1.29, 1.82) is 0 Å². The second kappa shape index (κ2) is 7.45. The SMILES string of the molecule is CCOc1ccc(Cl)cc1CN(C)C[C@]1(O)CCCNC1. The Morgan fingerprint density at radius 3 is 2.95 bits per heavy atom. The van der Waals surface area contributed by atoms with Gasteiger partial charge in [-0.2, -0.15) is 0 Å². The lowest BCUT2D eigenvalue weighted by molar-refractivity contribution is -0.0113. The van der Waals surface area contributed by atoms with Gasteiger partial charge in [-0.15, -0.1) is 0 Å². The second-order valence-corrected chi connectivity index (χ2v) is 6.30. The van der Waals surface area contributed by atoms with E-state index in [4.69, 9.17) is 16.3 Å². The number of hydrogen-bond acceptors (Lipinski definition) is 4. The van der Waals surface area contributed by atoms with Crippen LogP contribution in [-0.2, 0) is 6.54 Å². The first-order chi connectivity index (χ1) is 10.0.